The van der Waals surface area contributed by atoms with Crippen molar-refractivity contribution in [3.63, 3.8) is 0 Å². The van der Waals surface area contributed by atoms with Crippen LogP contribution in [0.2, 0.25) is 0 Å². The summed E-state index contributed by atoms with van der Waals surface area (Å²) < 4.78 is 18.9. The third-order valence-electron chi connectivity index (χ3n) is 4.70. The molecule has 6 nitrogen and oxygen atoms in total. The Hall–Kier alpha value is -2.77. The molecule has 1 aromatic heterocycles. The highest BCUT2D eigenvalue weighted by Crippen LogP contribution is 2.44. The fourth-order valence-corrected chi connectivity index (χ4v) is 3.41. The number of nitrogens with zero attached hydrogens (tertiary/aromatic N) is 4. The van der Waals surface area contributed by atoms with Crippen LogP contribution in [0.1, 0.15) is 30.4 Å². The molecule has 0 saturated carbocycles. The standard InChI is InChI=1S/C19H18FN4O2/c20-16-6-4-14(5-7-16)18-19(15-8-10-21-11-9-15)24(13-25,23-22-18)17-3-1-2-12-26-17/h4-11,13,17H,1-3,12H2/q+1. The molecule has 2 atom stereocenters. The fraction of sp³-hybridized carbons (Fsp3) is 0.263. The Labute approximate surface area is 150 Å². The van der Waals surface area contributed by atoms with Gasteiger partial charge in [-0.25, -0.2) is 9.18 Å². The lowest BCUT2D eigenvalue weighted by atomic mass is 10.0. The van der Waals surface area contributed by atoms with E-state index in [1.54, 1.807) is 24.5 Å². The van der Waals surface area contributed by atoms with Crippen molar-refractivity contribution in [1.29, 1.82) is 0 Å². The first-order valence-electron chi connectivity index (χ1n) is 8.55. The summed E-state index contributed by atoms with van der Waals surface area (Å²) in [5, 5.41) is 8.64. The van der Waals surface area contributed by atoms with Gasteiger partial charge in [-0.15, -0.1) is 0 Å². The summed E-state index contributed by atoms with van der Waals surface area (Å²) in [5.74, 6) is -0.332. The number of ether oxygens (including phenoxy) is 1. The molecule has 4 rings (SSSR count). The first-order valence-corrected chi connectivity index (χ1v) is 8.55. The minimum Gasteiger partial charge on any atom is -0.326 e. The molecule has 1 fully saturated rings. The summed E-state index contributed by atoms with van der Waals surface area (Å²) in [6.45, 7) is 0.587. The number of quaternary nitrogens is 1. The minimum atomic E-state index is -0.425. The van der Waals surface area contributed by atoms with Crippen molar-refractivity contribution in [3.05, 3.63) is 65.7 Å². The SMILES string of the molecule is O=C[N+]1(C2CCCCO2)N=NC(c2ccc(F)cc2)=C1c1ccncc1. The average molecular weight is 353 g/mol. The number of carbonyl (C=O) groups is 1. The molecule has 1 aromatic carbocycles. The van der Waals surface area contributed by atoms with E-state index in [0.29, 0.717) is 30.0 Å². The summed E-state index contributed by atoms with van der Waals surface area (Å²) >= 11 is 0. The Morgan fingerprint density at radius 3 is 2.50 bits per heavy atom. The predicted octanol–water partition coefficient (Wildman–Crippen LogP) is 3.93. The quantitative estimate of drug-likeness (QED) is 0.618. The van der Waals surface area contributed by atoms with Gasteiger partial charge in [0.15, 0.2) is 5.70 Å². The van der Waals surface area contributed by atoms with Gasteiger partial charge in [0.1, 0.15) is 5.82 Å². The van der Waals surface area contributed by atoms with Crippen LogP contribution in [0.25, 0.3) is 11.4 Å². The Morgan fingerprint density at radius 1 is 1.08 bits per heavy atom. The van der Waals surface area contributed by atoms with Gasteiger partial charge in [-0.05, 0) is 49.2 Å². The van der Waals surface area contributed by atoms with Crippen LogP contribution in [-0.4, -0.2) is 28.8 Å². The smallest absolute Gasteiger partial charge is 0.326 e. The van der Waals surface area contributed by atoms with E-state index in [1.165, 1.54) is 12.1 Å². The van der Waals surface area contributed by atoms with Crippen LogP contribution in [-0.2, 0) is 9.53 Å². The maximum atomic E-state index is 13.3. The van der Waals surface area contributed by atoms with Crippen LogP contribution in [0.5, 0.6) is 0 Å². The van der Waals surface area contributed by atoms with Crippen molar-refractivity contribution in [2.24, 2.45) is 10.3 Å². The zero-order valence-corrected chi connectivity index (χ0v) is 14.1. The van der Waals surface area contributed by atoms with E-state index >= 15 is 0 Å². The van der Waals surface area contributed by atoms with Gasteiger partial charge in [0, 0.05) is 35.2 Å². The van der Waals surface area contributed by atoms with Gasteiger partial charge < -0.3 is 4.74 Å². The highest BCUT2D eigenvalue weighted by Gasteiger charge is 2.51. The Balaban J connectivity index is 1.90. The molecule has 26 heavy (non-hydrogen) atoms. The van der Waals surface area contributed by atoms with Gasteiger partial charge in [-0.3, -0.25) is 4.98 Å². The van der Waals surface area contributed by atoms with Crippen molar-refractivity contribution < 1.29 is 18.5 Å². The number of aromatic nitrogens is 1. The van der Waals surface area contributed by atoms with Crippen molar-refractivity contribution in [2.45, 2.75) is 25.5 Å². The Morgan fingerprint density at radius 2 is 1.85 bits per heavy atom. The first-order chi connectivity index (χ1) is 12.7. The maximum Gasteiger partial charge on any atom is 0.336 e. The molecule has 0 aliphatic carbocycles. The van der Waals surface area contributed by atoms with Crippen molar-refractivity contribution in [1.82, 2.24) is 4.98 Å². The molecule has 2 aliphatic heterocycles. The highest BCUT2D eigenvalue weighted by molar-refractivity contribution is 5.89. The Kier molecular flexibility index (Phi) is 4.40. The molecular weight excluding hydrogens is 335 g/mol. The topological polar surface area (TPSA) is 63.9 Å². The summed E-state index contributed by atoms with van der Waals surface area (Å²) in [6.07, 6.45) is 6.30. The van der Waals surface area contributed by atoms with Gasteiger partial charge in [0.05, 0.1) is 6.61 Å². The lowest BCUT2D eigenvalue weighted by molar-refractivity contribution is -0.839. The molecule has 1 saturated heterocycles. The molecule has 0 spiro atoms. The zero-order chi connectivity index (χ0) is 18.0. The molecule has 132 valence electrons. The Bertz CT molecular complexity index is 861. The molecular formula is C19H18FN4O2+. The second kappa shape index (κ2) is 6.86. The second-order valence-corrected chi connectivity index (χ2v) is 6.29. The van der Waals surface area contributed by atoms with Crippen molar-refractivity contribution in [3.8, 4) is 0 Å². The molecule has 0 radical (unpaired) electrons. The van der Waals surface area contributed by atoms with Crippen LogP contribution >= 0.6 is 0 Å². The number of hydrogen-bond acceptors (Lipinski definition) is 5. The number of rotatable bonds is 4. The van der Waals surface area contributed by atoms with E-state index in [4.69, 9.17) is 4.74 Å². The van der Waals surface area contributed by atoms with Gasteiger partial charge in [0.25, 0.3) is 0 Å². The lowest BCUT2D eigenvalue weighted by Crippen LogP contribution is -2.50. The molecule has 7 heteroatoms. The van der Waals surface area contributed by atoms with E-state index in [0.717, 1.165) is 24.8 Å². The first kappa shape index (κ1) is 16.7. The lowest BCUT2D eigenvalue weighted by Gasteiger charge is -2.33. The van der Waals surface area contributed by atoms with Crippen LogP contribution in [0.3, 0.4) is 0 Å². The van der Waals surface area contributed by atoms with Crippen LogP contribution in [0.4, 0.5) is 4.39 Å². The number of hydrogen-bond donors (Lipinski definition) is 0. The maximum absolute atomic E-state index is 13.3. The normalized spacial score (nSPS) is 25.5. The third-order valence-corrected chi connectivity index (χ3v) is 4.70. The average Bonchev–Trinajstić information content (AvgIpc) is 3.10. The van der Waals surface area contributed by atoms with E-state index in [2.05, 4.69) is 15.3 Å². The number of benzene rings is 1. The van der Waals surface area contributed by atoms with Gasteiger partial charge in [-0.1, -0.05) is 9.71 Å². The molecule has 0 bridgehead atoms. The summed E-state index contributed by atoms with van der Waals surface area (Å²) in [6, 6.07) is 9.64. The van der Waals surface area contributed by atoms with Crippen LogP contribution in [0, 0.1) is 5.82 Å². The fourth-order valence-electron chi connectivity index (χ4n) is 3.41. The molecule has 1 amide bonds. The summed E-state index contributed by atoms with van der Waals surface area (Å²) in [7, 11) is 0. The van der Waals surface area contributed by atoms with E-state index in [1.807, 2.05) is 12.1 Å². The van der Waals surface area contributed by atoms with E-state index < -0.39 is 6.23 Å². The van der Waals surface area contributed by atoms with Crippen molar-refractivity contribution >= 4 is 17.8 Å². The number of pyridine rings is 1. The molecule has 3 heterocycles. The number of amides is 1. The molecule has 0 N–H and O–H groups in total. The second-order valence-electron chi connectivity index (χ2n) is 6.29. The highest BCUT2D eigenvalue weighted by atomic mass is 19.1. The number of carbonyl (C=O) groups excluding carboxylic acids is 1. The van der Waals surface area contributed by atoms with E-state index in [9.17, 15) is 9.18 Å². The summed E-state index contributed by atoms with van der Waals surface area (Å²) in [5.41, 5.74) is 2.64. The van der Waals surface area contributed by atoms with Gasteiger partial charge in [0.2, 0.25) is 11.9 Å². The molecule has 2 aliphatic rings. The van der Waals surface area contributed by atoms with Gasteiger partial charge >= 0.3 is 6.41 Å². The van der Waals surface area contributed by atoms with Gasteiger partial charge in [-0.2, -0.15) is 0 Å². The van der Waals surface area contributed by atoms with E-state index in [-0.39, 0.29) is 10.4 Å². The monoisotopic (exact) mass is 353 g/mol. The third kappa shape index (κ3) is 2.75. The molecule has 2 unspecified atom stereocenters. The largest absolute Gasteiger partial charge is 0.336 e. The van der Waals surface area contributed by atoms with Crippen LogP contribution < -0.4 is 0 Å². The van der Waals surface area contributed by atoms with Crippen molar-refractivity contribution in [2.75, 3.05) is 6.61 Å². The minimum absolute atomic E-state index is 0.332. The number of halogens is 1. The predicted molar refractivity (Wildman–Crippen MR) is 92.2 cm³/mol. The zero-order valence-electron chi connectivity index (χ0n) is 14.1. The molecule has 2 aromatic rings. The summed E-state index contributed by atoms with van der Waals surface area (Å²) in [4.78, 5) is 16.3. The van der Waals surface area contributed by atoms with Crippen LogP contribution in [0.15, 0.2) is 59.1 Å².